The number of nitrogens with zero attached hydrogens (tertiary/aromatic N) is 1. The molecule has 1 heterocycles. The summed E-state index contributed by atoms with van der Waals surface area (Å²) in [4.78, 5) is 0. The lowest BCUT2D eigenvalue weighted by molar-refractivity contribution is 0.281. The second-order valence-corrected chi connectivity index (χ2v) is 4.81. The maximum atomic E-state index is 9.64. The molecule has 2 aromatic carbocycles. The monoisotopic (exact) mass is 285 g/mol. The highest BCUT2D eigenvalue weighted by Crippen LogP contribution is 2.32. The minimum Gasteiger partial charge on any atom is -0.391 e. The molecule has 0 saturated heterocycles. The number of halogens is 1. The van der Waals surface area contributed by atoms with Crippen molar-refractivity contribution in [1.29, 1.82) is 0 Å². The maximum absolute atomic E-state index is 9.64. The quantitative estimate of drug-likeness (QED) is 0.786. The van der Waals surface area contributed by atoms with Crippen molar-refractivity contribution in [3.05, 3.63) is 65.2 Å². The van der Waals surface area contributed by atoms with Gasteiger partial charge in [0.1, 0.15) is 5.69 Å². The summed E-state index contributed by atoms with van der Waals surface area (Å²) in [5.41, 5.74) is 3.10. The van der Waals surface area contributed by atoms with Crippen molar-refractivity contribution in [2.75, 3.05) is 0 Å². The molecule has 0 unspecified atom stereocenters. The molecule has 0 fully saturated rings. The highest BCUT2D eigenvalue weighted by Gasteiger charge is 2.17. The molecule has 0 bridgehead atoms. The van der Waals surface area contributed by atoms with Crippen LogP contribution >= 0.6 is 11.6 Å². The lowest BCUT2D eigenvalue weighted by atomic mass is 10.0. The molecular weight excluding hydrogens is 274 g/mol. The number of aliphatic hydroxyl groups is 1. The Hall–Kier alpha value is -2.10. The third-order valence-electron chi connectivity index (χ3n) is 3.10. The molecule has 0 amide bonds. The van der Waals surface area contributed by atoms with E-state index in [9.17, 15) is 5.11 Å². The van der Waals surface area contributed by atoms with Gasteiger partial charge in [0.25, 0.3) is 0 Å². The van der Waals surface area contributed by atoms with E-state index in [4.69, 9.17) is 16.1 Å². The fraction of sp³-hybridized carbons (Fsp3) is 0.0625. The minimum atomic E-state index is -0.133. The summed E-state index contributed by atoms with van der Waals surface area (Å²) in [6.07, 6.45) is 0. The molecule has 3 nitrogen and oxygen atoms in total. The van der Waals surface area contributed by atoms with Crippen molar-refractivity contribution < 1.29 is 9.63 Å². The fourth-order valence-corrected chi connectivity index (χ4v) is 2.23. The standard InChI is InChI=1S/C16H12ClNO2/c17-13-8-6-12(7-9-13)16-14(10-19)15(18-20-16)11-4-2-1-3-5-11/h1-9,19H,10H2. The molecule has 3 aromatic rings. The molecule has 0 radical (unpaired) electrons. The summed E-state index contributed by atoms with van der Waals surface area (Å²) in [6.45, 7) is -0.133. The van der Waals surface area contributed by atoms with Crippen molar-refractivity contribution in [3.63, 3.8) is 0 Å². The molecule has 1 aromatic heterocycles. The highest BCUT2D eigenvalue weighted by atomic mass is 35.5. The topological polar surface area (TPSA) is 46.3 Å². The zero-order chi connectivity index (χ0) is 13.9. The first kappa shape index (κ1) is 12.9. The third kappa shape index (κ3) is 2.33. The number of hydrogen-bond acceptors (Lipinski definition) is 3. The van der Waals surface area contributed by atoms with E-state index in [0.29, 0.717) is 22.0 Å². The first-order chi connectivity index (χ1) is 9.79. The Labute approximate surface area is 121 Å². The van der Waals surface area contributed by atoms with E-state index in [0.717, 1.165) is 11.1 Å². The molecule has 0 aliphatic carbocycles. The first-order valence-electron chi connectivity index (χ1n) is 6.20. The van der Waals surface area contributed by atoms with Gasteiger partial charge in [-0.1, -0.05) is 47.1 Å². The van der Waals surface area contributed by atoms with E-state index in [2.05, 4.69) is 5.16 Å². The van der Waals surface area contributed by atoms with Gasteiger partial charge in [-0.3, -0.25) is 0 Å². The number of hydrogen-bond donors (Lipinski definition) is 1. The van der Waals surface area contributed by atoms with E-state index >= 15 is 0 Å². The molecule has 0 aliphatic rings. The van der Waals surface area contributed by atoms with Gasteiger partial charge in [-0.25, -0.2) is 0 Å². The highest BCUT2D eigenvalue weighted by molar-refractivity contribution is 6.30. The van der Waals surface area contributed by atoms with Gasteiger partial charge in [-0.15, -0.1) is 0 Å². The summed E-state index contributed by atoms with van der Waals surface area (Å²) >= 11 is 5.88. The van der Waals surface area contributed by atoms with Crippen LogP contribution in [0.3, 0.4) is 0 Å². The van der Waals surface area contributed by atoms with Crippen LogP contribution in [0.2, 0.25) is 5.02 Å². The van der Waals surface area contributed by atoms with Gasteiger partial charge in [0.05, 0.1) is 12.2 Å². The van der Waals surface area contributed by atoms with Crippen LogP contribution in [0.25, 0.3) is 22.6 Å². The van der Waals surface area contributed by atoms with E-state index in [1.54, 1.807) is 12.1 Å². The molecule has 0 spiro atoms. The number of aliphatic hydroxyl groups excluding tert-OH is 1. The number of benzene rings is 2. The van der Waals surface area contributed by atoms with E-state index in [1.807, 2.05) is 42.5 Å². The lowest BCUT2D eigenvalue weighted by Crippen LogP contribution is -1.88. The van der Waals surface area contributed by atoms with Crippen LogP contribution in [0.4, 0.5) is 0 Å². The van der Waals surface area contributed by atoms with Crippen LogP contribution in [-0.4, -0.2) is 10.3 Å². The smallest absolute Gasteiger partial charge is 0.173 e. The van der Waals surface area contributed by atoms with E-state index in [1.165, 1.54) is 0 Å². The Kier molecular flexibility index (Phi) is 3.54. The number of rotatable bonds is 3. The molecule has 1 N–H and O–H groups in total. The van der Waals surface area contributed by atoms with Gasteiger partial charge in [0, 0.05) is 16.1 Å². The second-order valence-electron chi connectivity index (χ2n) is 4.37. The molecule has 100 valence electrons. The van der Waals surface area contributed by atoms with Crippen LogP contribution in [0.15, 0.2) is 59.1 Å². The Balaban J connectivity index is 2.10. The van der Waals surface area contributed by atoms with Crippen molar-refractivity contribution in [2.24, 2.45) is 0 Å². The number of aromatic nitrogens is 1. The van der Waals surface area contributed by atoms with Crippen molar-refractivity contribution in [2.45, 2.75) is 6.61 Å². The zero-order valence-electron chi connectivity index (χ0n) is 10.6. The maximum Gasteiger partial charge on any atom is 0.173 e. The van der Waals surface area contributed by atoms with Crippen molar-refractivity contribution >= 4 is 11.6 Å². The third-order valence-corrected chi connectivity index (χ3v) is 3.35. The van der Waals surface area contributed by atoms with Crippen LogP contribution in [0, 0.1) is 0 Å². The van der Waals surface area contributed by atoms with Crippen LogP contribution < -0.4 is 0 Å². The second kappa shape index (κ2) is 5.49. The average Bonchev–Trinajstić information content (AvgIpc) is 2.93. The summed E-state index contributed by atoms with van der Waals surface area (Å²) < 4.78 is 5.41. The Morgan fingerprint density at radius 2 is 1.65 bits per heavy atom. The van der Waals surface area contributed by atoms with Gasteiger partial charge in [0.15, 0.2) is 5.76 Å². The first-order valence-corrected chi connectivity index (χ1v) is 6.58. The van der Waals surface area contributed by atoms with Crippen molar-refractivity contribution in [3.8, 4) is 22.6 Å². The largest absolute Gasteiger partial charge is 0.391 e. The molecule has 0 atom stereocenters. The SMILES string of the molecule is OCc1c(-c2ccccc2)noc1-c1ccc(Cl)cc1. The molecule has 3 rings (SSSR count). The molecule has 20 heavy (non-hydrogen) atoms. The molecule has 4 heteroatoms. The normalized spacial score (nSPS) is 10.7. The Morgan fingerprint density at radius 3 is 2.30 bits per heavy atom. The molecular formula is C16H12ClNO2. The van der Waals surface area contributed by atoms with Crippen LogP contribution in [0.5, 0.6) is 0 Å². The average molecular weight is 286 g/mol. The summed E-state index contributed by atoms with van der Waals surface area (Å²) in [5, 5.41) is 14.4. The van der Waals surface area contributed by atoms with Crippen LogP contribution in [-0.2, 0) is 6.61 Å². The van der Waals surface area contributed by atoms with Gasteiger partial charge < -0.3 is 9.63 Å². The van der Waals surface area contributed by atoms with E-state index in [-0.39, 0.29) is 6.61 Å². The van der Waals surface area contributed by atoms with Gasteiger partial charge in [0.2, 0.25) is 0 Å². The van der Waals surface area contributed by atoms with E-state index < -0.39 is 0 Å². The Bertz CT molecular complexity index is 705. The predicted octanol–water partition coefficient (Wildman–Crippen LogP) is 4.15. The van der Waals surface area contributed by atoms with Crippen LogP contribution in [0.1, 0.15) is 5.56 Å². The molecule has 0 aliphatic heterocycles. The van der Waals surface area contributed by atoms with Gasteiger partial charge >= 0.3 is 0 Å². The Morgan fingerprint density at radius 1 is 0.950 bits per heavy atom. The van der Waals surface area contributed by atoms with Gasteiger partial charge in [-0.05, 0) is 24.3 Å². The lowest BCUT2D eigenvalue weighted by Gasteiger charge is -2.01. The summed E-state index contributed by atoms with van der Waals surface area (Å²) in [7, 11) is 0. The summed E-state index contributed by atoms with van der Waals surface area (Å²) in [5.74, 6) is 0.572. The molecule has 0 saturated carbocycles. The fourth-order valence-electron chi connectivity index (χ4n) is 2.11. The van der Waals surface area contributed by atoms with Crippen molar-refractivity contribution in [1.82, 2.24) is 5.16 Å². The van der Waals surface area contributed by atoms with Gasteiger partial charge in [-0.2, -0.15) is 0 Å². The predicted molar refractivity (Wildman–Crippen MR) is 78.3 cm³/mol. The zero-order valence-corrected chi connectivity index (χ0v) is 11.3. The summed E-state index contributed by atoms with van der Waals surface area (Å²) in [6, 6.07) is 16.9. The minimum absolute atomic E-state index is 0.133.